The largest absolute Gasteiger partial charge is 0.336 e. The van der Waals surface area contributed by atoms with Gasteiger partial charge in [-0.15, -0.1) is 0 Å². The van der Waals surface area contributed by atoms with Crippen molar-refractivity contribution in [2.24, 2.45) is 7.05 Å². The van der Waals surface area contributed by atoms with Crippen LogP contribution in [0.2, 0.25) is 0 Å². The summed E-state index contributed by atoms with van der Waals surface area (Å²) in [4.78, 5) is 17.0. The van der Waals surface area contributed by atoms with Crippen LogP contribution < -0.4 is 0 Å². The van der Waals surface area contributed by atoms with Gasteiger partial charge in [-0.1, -0.05) is 30.3 Å². The van der Waals surface area contributed by atoms with Gasteiger partial charge in [0.1, 0.15) is 0 Å². The van der Waals surface area contributed by atoms with E-state index in [9.17, 15) is 4.79 Å². The number of hydrogen-bond donors (Lipinski definition) is 0. The number of rotatable bonds is 4. The van der Waals surface area contributed by atoms with E-state index >= 15 is 0 Å². The lowest BCUT2D eigenvalue weighted by Crippen LogP contribution is -2.35. The fraction of sp³-hybridized carbons (Fsp3) is 0.474. The number of fused-ring (bicyclic) bond motifs is 1. The Morgan fingerprint density at radius 1 is 1.25 bits per heavy atom. The maximum atomic E-state index is 12.9. The smallest absolute Gasteiger partial charge is 0.274 e. The van der Waals surface area contributed by atoms with Crippen molar-refractivity contribution in [2.75, 3.05) is 21.1 Å². The van der Waals surface area contributed by atoms with Gasteiger partial charge in [-0.2, -0.15) is 5.10 Å². The molecule has 1 atom stereocenters. The summed E-state index contributed by atoms with van der Waals surface area (Å²) in [5.41, 5.74) is 4.10. The third-order valence-electron chi connectivity index (χ3n) is 4.97. The molecular weight excluding hydrogens is 300 g/mol. The summed E-state index contributed by atoms with van der Waals surface area (Å²) in [6.45, 7) is 0.599. The summed E-state index contributed by atoms with van der Waals surface area (Å²) < 4.78 is 1.89. The van der Waals surface area contributed by atoms with Gasteiger partial charge in [0, 0.05) is 37.9 Å². The van der Waals surface area contributed by atoms with E-state index in [1.807, 2.05) is 49.1 Å². The van der Waals surface area contributed by atoms with E-state index in [0.717, 1.165) is 30.4 Å². The van der Waals surface area contributed by atoms with E-state index in [2.05, 4.69) is 24.1 Å². The number of aromatic nitrogens is 2. The number of benzene rings is 1. The number of nitrogens with zero attached hydrogens (tertiary/aromatic N) is 4. The number of amides is 1. The molecule has 0 N–H and O–H groups in total. The van der Waals surface area contributed by atoms with Crippen LogP contribution in [0.1, 0.15) is 33.7 Å². The summed E-state index contributed by atoms with van der Waals surface area (Å²) in [5.74, 6) is 0.00936. The van der Waals surface area contributed by atoms with Crippen molar-refractivity contribution in [3.05, 3.63) is 52.8 Å². The highest BCUT2D eigenvalue weighted by Crippen LogP contribution is 2.27. The first-order valence-electron chi connectivity index (χ1n) is 8.48. The third-order valence-corrected chi connectivity index (χ3v) is 4.97. The molecule has 5 nitrogen and oxygen atoms in total. The molecule has 0 saturated carbocycles. The highest BCUT2D eigenvalue weighted by atomic mass is 16.2. The maximum absolute atomic E-state index is 12.9. The normalized spacial score (nSPS) is 17.0. The first kappa shape index (κ1) is 16.7. The number of hydrogen-bond acceptors (Lipinski definition) is 3. The van der Waals surface area contributed by atoms with Crippen molar-refractivity contribution in [3.8, 4) is 0 Å². The monoisotopic (exact) mass is 326 g/mol. The second kappa shape index (κ2) is 6.77. The minimum absolute atomic E-state index is 0.00936. The topological polar surface area (TPSA) is 41.4 Å². The van der Waals surface area contributed by atoms with Gasteiger partial charge in [0.15, 0.2) is 5.69 Å². The predicted molar refractivity (Wildman–Crippen MR) is 94.9 cm³/mol. The van der Waals surface area contributed by atoms with Crippen molar-refractivity contribution in [2.45, 2.75) is 31.8 Å². The fourth-order valence-corrected chi connectivity index (χ4v) is 3.49. The minimum Gasteiger partial charge on any atom is -0.336 e. The molecule has 1 heterocycles. The second-order valence-corrected chi connectivity index (χ2v) is 6.90. The van der Waals surface area contributed by atoms with Crippen LogP contribution in [0.15, 0.2) is 30.3 Å². The Labute approximate surface area is 143 Å². The van der Waals surface area contributed by atoms with Crippen LogP contribution >= 0.6 is 0 Å². The van der Waals surface area contributed by atoms with Crippen LogP contribution in [0.5, 0.6) is 0 Å². The van der Waals surface area contributed by atoms with Crippen LogP contribution in [0.4, 0.5) is 0 Å². The van der Waals surface area contributed by atoms with Crippen molar-refractivity contribution in [1.29, 1.82) is 0 Å². The summed E-state index contributed by atoms with van der Waals surface area (Å²) in [7, 11) is 8.01. The predicted octanol–water partition coefficient (Wildman–Crippen LogP) is 2.11. The lowest BCUT2D eigenvalue weighted by atomic mass is 9.90. The average Bonchev–Trinajstić information content (AvgIpc) is 2.91. The summed E-state index contributed by atoms with van der Waals surface area (Å²) >= 11 is 0. The molecule has 1 aromatic carbocycles. The number of likely N-dealkylation sites (N-methyl/N-ethyl adjacent to an activating group) is 1. The van der Waals surface area contributed by atoms with Crippen LogP contribution in [-0.2, 0) is 26.4 Å². The molecule has 1 aromatic heterocycles. The SMILES string of the molecule is CN(Cc1ccccc1)C(=O)c1nn(C)c2c1CC(N(C)C)CC2. The zero-order chi connectivity index (χ0) is 17.3. The maximum Gasteiger partial charge on any atom is 0.274 e. The van der Waals surface area contributed by atoms with E-state index in [1.165, 1.54) is 5.69 Å². The quantitative estimate of drug-likeness (QED) is 0.864. The number of carbonyl (C=O) groups excluding carboxylic acids is 1. The molecule has 1 aliphatic carbocycles. The molecule has 0 radical (unpaired) electrons. The molecule has 0 saturated heterocycles. The Bertz CT molecular complexity index is 720. The van der Waals surface area contributed by atoms with E-state index < -0.39 is 0 Å². The van der Waals surface area contributed by atoms with Gasteiger partial charge in [0.05, 0.1) is 0 Å². The molecule has 128 valence electrons. The van der Waals surface area contributed by atoms with Crippen molar-refractivity contribution < 1.29 is 4.79 Å². The molecule has 3 rings (SSSR count). The molecule has 0 aliphatic heterocycles. The van der Waals surface area contributed by atoms with Crippen molar-refractivity contribution in [1.82, 2.24) is 19.6 Å². The first-order valence-corrected chi connectivity index (χ1v) is 8.48. The van der Waals surface area contributed by atoms with E-state index in [-0.39, 0.29) is 5.91 Å². The Balaban J connectivity index is 1.83. The van der Waals surface area contributed by atoms with Gasteiger partial charge < -0.3 is 9.80 Å². The van der Waals surface area contributed by atoms with Gasteiger partial charge in [-0.25, -0.2) is 0 Å². The molecule has 0 spiro atoms. The lowest BCUT2D eigenvalue weighted by Gasteiger charge is -2.28. The van der Waals surface area contributed by atoms with Gasteiger partial charge in [0.2, 0.25) is 0 Å². The van der Waals surface area contributed by atoms with E-state index in [0.29, 0.717) is 18.3 Å². The number of aryl methyl sites for hydroxylation is 1. The Hall–Kier alpha value is -2.14. The zero-order valence-electron chi connectivity index (χ0n) is 15.0. The van der Waals surface area contributed by atoms with Crippen molar-refractivity contribution in [3.63, 3.8) is 0 Å². The second-order valence-electron chi connectivity index (χ2n) is 6.90. The summed E-state index contributed by atoms with van der Waals surface area (Å²) in [6, 6.07) is 10.5. The highest BCUT2D eigenvalue weighted by Gasteiger charge is 2.30. The first-order chi connectivity index (χ1) is 11.5. The summed E-state index contributed by atoms with van der Waals surface area (Å²) in [6.07, 6.45) is 3.00. The van der Waals surface area contributed by atoms with E-state index in [1.54, 1.807) is 4.90 Å². The van der Waals surface area contributed by atoms with Crippen LogP contribution in [-0.4, -0.2) is 52.7 Å². The fourth-order valence-electron chi connectivity index (χ4n) is 3.49. The molecular formula is C19H26N4O. The summed E-state index contributed by atoms with van der Waals surface area (Å²) in [5, 5.41) is 4.56. The molecule has 5 heteroatoms. The molecule has 1 unspecified atom stereocenters. The molecule has 1 amide bonds. The van der Waals surface area contributed by atoms with Gasteiger partial charge >= 0.3 is 0 Å². The third kappa shape index (κ3) is 3.22. The highest BCUT2D eigenvalue weighted by molar-refractivity contribution is 5.94. The van der Waals surface area contributed by atoms with Crippen molar-refractivity contribution >= 4 is 5.91 Å². The zero-order valence-corrected chi connectivity index (χ0v) is 15.0. The Morgan fingerprint density at radius 3 is 2.62 bits per heavy atom. The molecule has 2 aromatic rings. The standard InChI is InChI=1S/C19H26N4O/c1-21(2)15-10-11-17-16(12-15)18(20-23(17)4)19(24)22(3)13-14-8-6-5-7-9-14/h5-9,15H,10-13H2,1-4H3. The molecule has 24 heavy (non-hydrogen) atoms. The van der Waals surface area contributed by atoms with Crippen LogP contribution in [0, 0.1) is 0 Å². The Morgan fingerprint density at radius 2 is 1.96 bits per heavy atom. The molecule has 0 bridgehead atoms. The molecule has 0 fully saturated rings. The van der Waals surface area contributed by atoms with Crippen LogP contribution in [0.3, 0.4) is 0 Å². The lowest BCUT2D eigenvalue weighted by molar-refractivity contribution is 0.0777. The van der Waals surface area contributed by atoms with Gasteiger partial charge in [-0.3, -0.25) is 9.48 Å². The van der Waals surface area contributed by atoms with Gasteiger partial charge in [-0.05, 0) is 38.9 Å². The van der Waals surface area contributed by atoms with Gasteiger partial charge in [0.25, 0.3) is 5.91 Å². The Kier molecular flexibility index (Phi) is 4.71. The van der Waals surface area contributed by atoms with Crippen LogP contribution in [0.25, 0.3) is 0 Å². The minimum atomic E-state index is 0.00936. The molecule has 1 aliphatic rings. The number of carbonyl (C=O) groups is 1. The van der Waals surface area contributed by atoms with E-state index in [4.69, 9.17) is 0 Å². The average molecular weight is 326 g/mol.